The van der Waals surface area contributed by atoms with Crippen molar-refractivity contribution >= 4 is 0 Å². The Morgan fingerprint density at radius 1 is 0.842 bits per heavy atom. The molecule has 0 heterocycles. The molecule has 0 bridgehead atoms. The van der Waals surface area contributed by atoms with Gasteiger partial charge in [0.2, 0.25) is 0 Å². The predicted molar refractivity (Wildman–Crippen MR) is 83.4 cm³/mol. The zero-order valence-electron chi connectivity index (χ0n) is 12.0. The van der Waals surface area contributed by atoms with E-state index in [1.165, 1.54) is 24.0 Å². The van der Waals surface area contributed by atoms with Crippen LogP contribution >= 0.6 is 0 Å². The zero-order chi connectivity index (χ0) is 13.5. The normalized spacial score (nSPS) is 14.0. The summed E-state index contributed by atoms with van der Waals surface area (Å²) < 4.78 is 0. The molecule has 0 aliphatic rings. The van der Waals surface area contributed by atoms with Crippen molar-refractivity contribution in [3.05, 3.63) is 71.8 Å². The highest BCUT2D eigenvalue weighted by Crippen LogP contribution is 2.28. The molecular weight excluding hydrogens is 228 g/mol. The molecule has 0 spiro atoms. The summed E-state index contributed by atoms with van der Waals surface area (Å²) >= 11 is 0. The molecule has 0 radical (unpaired) electrons. The Labute approximate surface area is 117 Å². The Kier molecular flexibility index (Phi) is 5.20. The average Bonchev–Trinajstić information content (AvgIpc) is 2.48. The van der Waals surface area contributed by atoms with Crippen LogP contribution in [-0.2, 0) is 6.42 Å². The topological polar surface area (TPSA) is 0 Å². The molecule has 2 atom stereocenters. The van der Waals surface area contributed by atoms with E-state index in [2.05, 4.69) is 74.5 Å². The molecule has 0 aliphatic heterocycles. The number of hydrogen-bond donors (Lipinski definition) is 0. The molecule has 0 aromatic heterocycles. The van der Waals surface area contributed by atoms with Crippen molar-refractivity contribution in [3.8, 4) is 0 Å². The Bertz CT molecular complexity index is 458. The summed E-state index contributed by atoms with van der Waals surface area (Å²) in [6.45, 7) is 4.65. The van der Waals surface area contributed by atoms with Crippen molar-refractivity contribution in [1.82, 2.24) is 0 Å². The van der Waals surface area contributed by atoms with Gasteiger partial charge in [0, 0.05) is 0 Å². The van der Waals surface area contributed by atoms with Gasteiger partial charge in [-0.05, 0) is 35.8 Å². The van der Waals surface area contributed by atoms with E-state index in [-0.39, 0.29) is 0 Å². The summed E-state index contributed by atoms with van der Waals surface area (Å²) in [6, 6.07) is 21.8. The SMILES string of the molecule is CCC(C)CC(Cc1ccccc1)c1ccccc1. The van der Waals surface area contributed by atoms with E-state index < -0.39 is 0 Å². The van der Waals surface area contributed by atoms with E-state index in [1.54, 1.807) is 0 Å². The van der Waals surface area contributed by atoms with Crippen LogP contribution in [-0.4, -0.2) is 0 Å². The Morgan fingerprint density at radius 2 is 1.42 bits per heavy atom. The van der Waals surface area contributed by atoms with E-state index >= 15 is 0 Å². The summed E-state index contributed by atoms with van der Waals surface area (Å²) in [4.78, 5) is 0. The second-order valence-corrected chi connectivity index (χ2v) is 5.55. The predicted octanol–water partition coefficient (Wildman–Crippen LogP) is 5.45. The molecule has 0 N–H and O–H groups in total. The lowest BCUT2D eigenvalue weighted by Gasteiger charge is -2.21. The van der Waals surface area contributed by atoms with Crippen molar-refractivity contribution < 1.29 is 0 Å². The summed E-state index contributed by atoms with van der Waals surface area (Å²) in [7, 11) is 0. The molecular formula is C19H24. The minimum atomic E-state index is 0.638. The summed E-state index contributed by atoms with van der Waals surface area (Å²) in [5.74, 6) is 1.42. The second-order valence-electron chi connectivity index (χ2n) is 5.55. The standard InChI is InChI=1S/C19H24/c1-3-16(2)14-19(18-12-8-5-9-13-18)15-17-10-6-4-7-11-17/h4-13,16,19H,3,14-15H2,1-2H3. The molecule has 2 aromatic carbocycles. The molecule has 0 saturated carbocycles. The highest BCUT2D eigenvalue weighted by atomic mass is 14.2. The molecule has 100 valence electrons. The van der Waals surface area contributed by atoms with Gasteiger partial charge in [-0.1, -0.05) is 80.9 Å². The lowest BCUT2D eigenvalue weighted by atomic mass is 9.84. The van der Waals surface area contributed by atoms with E-state index in [0.717, 1.165) is 12.3 Å². The molecule has 2 rings (SSSR count). The van der Waals surface area contributed by atoms with Crippen LogP contribution in [0, 0.1) is 5.92 Å². The molecule has 0 saturated heterocycles. The van der Waals surface area contributed by atoms with Gasteiger partial charge >= 0.3 is 0 Å². The van der Waals surface area contributed by atoms with Crippen LogP contribution in [0.2, 0.25) is 0 Å². The Balaban J connectivity index is 2.15. The summed E-state index contributed by atoms with van der Waals surface area (Å²) in [5.41, 5.74) is 2.92. The lowest BCUT2D eigenvalue weighted by Crippen LogP contribution is -2.08. The quantitative estimate of drug-likeness (QED) is 0.641. The third-order valence-electron chi connectivity index (χ3n) is 3.98. The fraction of sp³-hybridized carbons (Fsp3) is 0.368. The zero-order valence-corrected chi connectivity index (χ0v) is 12.0. The van der Waals surface area contributed by atoms with Crippen LogP contribution in [0.15, 0.2) is 60.7 Å². The van der Waals surface area contributed by atoms with Gasteiger partial charge in [-0.2, -0.15) is 0 Å². The first kappa shape index (κ1) is 13.9. The highest BCUT2D eigenvalue weighted by molar-refractivity contribution is 5.24. The summed E-state index contributed by atoms with van der Waals surface area (Å²) in [5, 5.41) is 0. The molecule has 2 aromatic rings. The van der Waals surface area contributed by atoms with Gasteiger partial charge in [-0.25, -0.2) is 0 Å². The number of hydrogen-bond acceptors (Lipinski definition) is 0. The summed E-state index contributed by atoms with van der Waals surface area (Å²) in [6.07, 6.45) is 3.68. The largest absolute Gasteiger partial charge is 0.0651 e. The monoisotopic (exact) mass is 252 g/mol. The Morgan fingerprint density at radius 3 is 2.00 bits per heavy atom. The van der Waals surface area contributed by atoms with Crippen molar-refractivity contribution in [3.63, 3.8) is 0 Å². The second kappa shape index (κ2) is 7.13. The van der Waals surface area contributed by atoms with Gasteiger partial charge in [0.1, 0.15) is 0 Å². The maximum atomic E-state index is 2.36. The molecule has 0 aliphatic carbocycles. The van der Waals surface area contributed by atoms with Crippen LogP contribution < -0.4 is 0 Å². The first-order chi connectivity index (χ1) is 9.29. The van der Waals surface area contributed by atoms with Gasteiger partial charge in [0.15, 0.2) is 0 Å². The molecule has 0 nitrogen and oxygen atoms in total. The minimum absolute atomic E-state index is 0.638. The van der Waals surface area contributed by atoms with Gasteiger partial charge in [0.05, 0.1) is 0 Å². The fourth-order valence-electron chi connectivity index (χ4n) is 2.61. The first-order valence-corrected chi connectivity index (χ1v) is 7.38. The van der Waals surface area contributed by atoms with Gasteiger partial charge in [-0.3, -0.25) is 0 Å². The smallest absolute Gasteiger partial charge is 0.0119 e. The maximum absolute atomic E-state index is 2.36. The average molecular weight is 252 g/mol. The minimum Gasteiger partial charge on any atom is -0.0651 e. The van der Waals surface area contributed by atoms with Crippen LogP contribution in [0.1, 0.15) is 43.7 Å². The number of rotatable bonds is 6. The van der Waals surface area contributed by atoms with Crippen LogP contribution in [0.4, 0.5) is 0 Å². The maximum Gasteiger partial charge on any atom is -0.0119 e. The van der Waals surface area contributed by atoms with Crippen LogP contribution in [0.5, 0.6) is 0 Å². The van der Waals surface area contributed by atoms with Crippen molar-refractivity contribution in [1.29, 1.82) is 0 Å². The third-order valence-corrected chi connectivity index (χ3v) is 3.98. The van der Waals surface area contributed by atoms with E-state index in [9.17, 15) is 0 Å². The van der Waals surface area contributed by atoms with E-state index in [4.69, 9.17) is 0 Å². The van der Waals surface area contributed by atoms with Gasteiger partial charge in [0.25, 0.3) is 0 Å². The van der Waals surface area contributed by atoms with E-state index in [0.29, 0.717) is 5.92 Å². The third kappa shape index (κ3) is 4.24. The molecule has 2 unspecified atom stereocenters. The molecule has 0 amide bonds. The number of benzene rings is 2. The Hall–Kier alpha value is -1.56. The van der Waals surface area contributed by atoms with E-state index in [1.807, 2.05) is 0 Å². The van der Waals surface area contributed by atoms with Crippen molar-refractivity contribution in [2.24, 2.45) is 5.92 Å². The lowest BCUT2D eigenvalue weighted by molar-refractivity contribution is 0.452. The van der Waals surface area contributed by atoms with Gasteiger partial charge in [-0.15, -0.1) is 0 Å². The fourth-order valence-corrected chi connectivity index (χ4v) is 2.61. The molecule has 0 fully saturated rings. The van der Waals surface area contributed by atoms with Crippen molar-refractivity contribution in [2.75, 3.05) is 0 Å². The molecule has 19 heavy (non-hydrogen) atoms. The highest BCUT2D eigenvalue weighted by Gasteiger charge is 2.15. The van der Waals surface area contributed by atoms with Gasteiger partial charge < -0.3 is 0 Å². The van der Waals surface area contributed by atoms with Crippen molar-refractivity contribution in [2.45, 2.75) is 39.0 Å². The first-order valence-electron chi connectivity index (χ1n) is 7.38. The van der Waals surface area contributed by atoms with Crippen LogP contribution in [0.3, 0.4) is 0 Å². The molecule has 0 heteroatoms. The van der Waals surface area contributed by atoms with Crippen LogP contribution in [0.25, 0.3) is 0 Å².